The normalized spacial score (nSPS) is 14.8. The molecule has 0 unspecified atom stereocenters. The summed E-state index contributed by atoms with van der Waals surface area (Å²) in [6.07, 6.45) is 0. The van der Waals surface area contributed by atoms with Crippen LogP contribution < -0.4 is 14.8 Å². The minimum Gasteiger partial charge on any atom is -0.497 e. The summed E-state index contributed by atoms with van der Waals surface area (Å²) in [5.41, 5.74) is 1.30. The van der Waals surface area contributed by atoms with Gasteiger partial charge in [-0.2, -0.15) is 0 Å². The minimum atomic E-state index is -0.530. The molecular formula is C21H25ClN4O5. The number of hydrogen-bond acceptors (Lipinski definition) is 7. The van der Waals surface area contributed by atoms with Crippen molar-refractivity contribution in [1.29, 1.82) is 0 Å². The van der Waals surface area contributed by atoms with E-state index in [0.29, 0.717) is 5.69 Å². The van der Waals surface area contributed by atoms with Gasteiger partial charge < -0.3 is 14.8 Å². The zero-order valence-corrected chi connectivity index (χ0v) is 18.2. The molecule has 0 atom stereocenters. The van der Waals surface area contributed by atoms with Gasteiger partial charge in [-0.3, -0.25) is 24.7 Å². The van der Waals surface area contributed by atoms with Crippen molar-refractivity contribution in [2.24, 2.45) is 0 Å². The van der Waals surface area contributed by atoms with Gasteiger partial charge in [-0.15, -0.1) is 0 Å². The minimum absolute atomic E-state index is 0.119. The first kappa shape index (κ1) is 22.8. The van der Waals surface area contributed by atoms with Crippen LogP contribution in [-0.4, -0.2) is 67.6 Å². The van der Waals surface area contributed by atoms with Crippen molar-refractivity contribution in [2.45, 2.75) is 6.54 Å². The third kappa shape index (κ3) is 6.06. The molecule has 0 bridgehead atoms. The van der Waals surface area contributed by atoms with Gasteiger partial charge in [0, 0.05) is 50.4 Å². The molecule has 0 aromatic heterocycles. The van der Waals surface area contributed by atoms with Crippen molar-refractivity contribution in [1.82, 2.24) is 9.80 Å². The van der Waals surface area contributed by atoms with Crippen LogP contribution in [-0.2, 0) is 11.3 Å². The van der Waals surface area contributed by atoms with Crippen LogP contribution in [0.3, 0.4) is 0 Å². The fourth-order valence-corrected chi connectivity index (χ4v) is 3.69. The molecule has 1 N–H and O–H groups in total. The number of nitro groups is 1. The second-order valence-electron chi connectivity index (χ2n) is 7.20. The van der Waals surface area contributed by atoms with Gasteiger partial charge in [0.2, 0.25) is 5.91 Å². The lowest BCUT2D eigenvalue weighted by molar-refractivity contribution is -0.384. The summed E-state index contributed by atoms with van der Waals surface area (Å²) >= 11 is 6.04. The molecule has 2 aromatic carbocycles. The summed E-state index contributed by atoms with van der Waals surface area (Å²) in [5, 5.41) is 13.7. The number of ether oxygens (including phenoxy) is 2. The molecule has 0 saturated carbocycles. The van der Waals surface area contributed by atoms with Crippen LogP contribution in [0.4, 0.5) is 11.4 Å². The number of rotatable bonds is 8. The van der Waals surface area contributed by atoms with Crippen LogP contribution in [0.15, 0.2) is 36.4 Å². The van der Waals surface area contributed by atoms with Crippen LogP contribution in [0.25, 0.3) is 0 Å². The lowest BCUT2D eigenvalue weighted by Gasteiger charge is -2.34. The highest BCUT2D eigenvalue weighted by Crippen LogP contribution is 2.27. The van der Waals surface area contributed by atoms with E-state index in [2.05, 4.69) is 15.1 Å². The zero-order valence-electron chi connectivity index (χ0n) is 17.5. The highest BCUT2D eigenvalue weighted by molar-refractivity contribution is 6.34. The Bertz CT molecular complexity index is 947. The molecule has 1 fully saturated rings. The summed E-state index contributed by atoms with van der Waals surface area (Å²) in [7, 11) is 3.29. The van der Waals surface area contributed by atoms with Crippen molar-refractivity contribution < 1.29 is 19.2 Å². The van der Waals surface area contributed by atoms with Crippen LogP contribution in [0.2, 0.25) is 5.02 Å². The fraction of sp³-hybridized carbons (Fsp3) is 0.381. The van der Waals surface area contributed by atoms with Gasteiger partial charge >= 0.3 is 0 Å². The predicted octanol–water partition coefficient (Wildman–Crippen LogP) is 3.02. The number of carbonyl (C=O) groups excluding carboxylic acids is 1. The Morgan fingerprint density at radius 2 is 1.81 bits per heavy atom. The molecule has 0 aliphatic carbocycles. The van der Waals surface area contributed by atoms with Gasteiger partial charge in [0.15, 0.2) is 0 Å². The number of halogens is 1. The van der Waals surface area contributed by atoms with E-state index >= 15 is 0 Å². The first-order chi connectivity index (χ1) is 14.9. The van der Waals surface area contributed by atoms with Gasteiger partial charge in [0.1, 0.15) is 11.5 Å². The van der Waals surface area contributed by atoms with E-state index in [-0.39, 0.29) is 23.2 Å². The molecule has 1 aliphatic rings. The predicted molar refractivity (Wildman–Crippen MR) is 118 cm³/mol. The van der Waals surface area contributed by atoms with Crippen LogP contribution in [0.1, 0.15) is 5.56 Å². The smallest absolute Gasteiger partial charge is 0.271 e. The number of piperazine rings is 1. The average Bonchev–Trinajstić information content (AvgIpc) is 2.76. The van der Waals surface area contributed by atoms with Crippen molar-refractivity contribution >= 4 is 28.9 Å². The number of benzene rings is 2. The molecule has 0 radical (unpaired) electrons. The molecule has 0 spiro atoms. The molecule has 3 rings (SSSR count). The Morgan fingerprint density at radius 1 is 1.10 bits per heavy atom. The number of nitrogens with one attached hydrogen (secondary N) is 1. The van der Waals surface area contributed by atoms with Gasteiger partial charge in [-0.25, -0.2) is 0 Å². The molecule has 166 valence electrons. The number of non-ortho nitro benzene ring substituents is 1. The largest absolute Gasteiger partial charge is 0.497 e. The lowest BCUT2D eigenvalue weighted by atomic mass is 10.1. The highest BCUT2D eigenvalue weighted by atomic mass is 35.5. The molecule has 1 heterocycles. The first-order valence-corrected chi connectivity index (χ1v) is 10.2. The summed E-state index contributed by atoms with van der Waals surface area (Å²) in [6, 6.07) is 9.73. The van der Waals surface area contributed by atoms with E-state index < -0.39 is 4.92 Å². The van der Waals surface area contributed by atoms with E-state index in [1.54, 1.807) is 14.2 Å². The second kappa shape index (κ2) is 10.4. The Balaban J connectivity index is 1.50. The number of anilines is 1. The molecule has 2 aromatic rings. The Labute approximate surface area is 185 Å². The van der Waals surface area contributed by atoms with Crippen LogP contribution in [0, 0.1) is 10.1 Å². The fourth-order valence-electron chi connectivity index (χ4n) is 3.46. The van der Waals surface area contributed by atoms with Crippen molar-refractivity contribution in [3.63, 3.8) is 0 Å². The van der Waals surface area contributed by atoms with Gasteiger partial charge in [-0.1, -0.05) is 11.6 Å². The third-order valence-electron chi connectivity index (χ3n) is 5.15. The Kier molecular flexibility index (Phi) is 7.67. The second-order valence-corrected chi connectivity index (χ2v) is 7.61. The molecule has 1 amide bonds. The summed E-state index contributed by atoms with van der Waals surface area (Å²) in [6.45, 7) is 4.07. The van der Waals surface area contributed by atoms with Gasteiger partial charge in [-0.05, 0) is 24.3 Å². The quantitative estimate of drug-likeness (QED) is 0.489. The maximum Gasteiger partial charge on any atom is 0.271 e. The van der Waals surface area contributed by atoms with Crippen LogP contribution >= 0.6 is 11.6 Å². The Morgan fingerprint density at radius 3 is 2.42 bits per heavy atom. The van der Waals surface area contributed by atoms with Crippen molar-refractivity contribution in [3.8, 4) is 11.5 Å². The van der Waals surface area contributed by atoms with Crippen molar-refractivity contribution in [3.05, 3.63) is 57.1 Å². The van der Waals surface area contributed by atoms with Crippen molar-refractivity contribution in [2.75, 3.05) is 52.3 Å². The molecule has 10 heteroatoms. The maximum atomic E-state index is 12.4. The molecule has 31 heavy (non-hydrogen) atoms. The first-order valence-electron chi connectivity index (χ1n) is 9.79. The molecular weight excluding hydrogens is 424 g/mol. The molecule has 1 aliphatic heterocycles. The van der Waals surface area contributed by atoms with E-state index in [0.717, 1.165) is 49.8 Å². The van der Waals surface area contributed by atoms with Gasteiger partial charge in [0.05, 0.1) is 36.4 Å². The summed E-state index contributed by atoms with van der Waals surface area (Å²) in [5.74, 6) is 1.40. The number of carbonyl (C=O) groups is 1. The number of nitrogens with zero attached hydrogens (tertiary/aromatic N) is 3. The molecule has 1 saturated heterocycles. The standard InChI is InChI=1S/C21H25ClN4O5/c1-30-17-4-6-20(31-2)15(11-17)13-24-7-9-25(10-8-24)14-21(27)23-19-5-3-16(26(28)29)12-18(19)22/h3-6,11-12H,7-10,13-14H2,1-2H3,(H,23,27). The number of methoxy groups -OCH3 is 2. The highest BCUT2D eigenvalue weighted by Gasteiger charge is 2.21. The van der Waals surface area contributed by atoms with E-state index in [9.17, 15) is 14.9 Å². The number of hydrogen-bond donors (Lipinski definition) is 1. The van der Waals surface area contributed by atoms with Crippen LogP contribution in [0.5, 0.6) is 11.5 Å². The summed E-state index contributed by atoms with van der Waals surface area (Å²) < 4.78 is 10.8. The lowest BCUT2D eigenvalue weighted by Crippen LogP contribution is -2.48. The van der Waals surface area contributed by atoms with E-state index in [1.807, 2.05) is 18.2 Å². The number of nitro benzene ring substituents is 1. The zero-order chi connectivity index (χ0) is 22.4. The average molecular weight is 449 g/mol. The SMILES string of the molecule is COc1ccc(OC)c(CN2CCN(CC(=O)Nc3ccc([N+](=O)[O-])cc3Cl)CC2)c1. The molecule has 9 nitrogen and oxygen atoms in total. The maximum absolute atomic E-state index is 12.4. The third-order valence-corrected chi connectivity index (χ3v) is 5.46. The Hall–Kier alpha value is -2.88. The topological polar surface area (TPSA) is 97.2 Å². The monoisotopic (exact) mass is 448 g/mol. The van der Waals surface area contributed by atoms with Gasteiger partial charge in [0.25, 0.3) is 5.69 Å². The number of amides is 1. The van der Waals surface area contributed by atoms with E-state index in [4.69, 9.17) is 21.1 Å². The van der Waals surface area contributed by atoms with E-state index in [1.165, 1.54) is 18.2 Å². The summed E-state index contributed by atoms with van der Waals surface area (Å²) in [4.78, 5) is 27.0.